The molecule has 0 unspecified atom stereocenters. The van der Waals surface area contributed by atoms with Gasteiger partial charge in [0.15, 0.2) is 9.84 Å². The molecule has 0 bridgehead atoms. The highest BCUT2D eigenvalue weighted by Crippen LogP contribution is 2.25. The maximum Gasteiger partial charge on any atom is 0.315 e. The summed E-state index contributed by atoms with van der Waals surface area (Å²) in [4.78, 5) is 24.6. The van der Waals surface area contributed by atoms with Crippen molar-refractivity contribution in [2.45, 2.75) is 32.4 Å². The number of hydrogen-bond donors (Lipinski definition) is 3. The van der Waals surface area contributed by atoms with E-state index < -0.39 is 33.9 Å². The van der Waals surface area contributed by atoms with Gasteiger partial charge in [0.2, 0.25) is 5.91 Å². The molecule has 1 aliphatic heterocycles. The Hall–Kier alpha value is -1.51. The van der Waals surface area contributed by atoms with Crippen LogP contribution in [0.4, 0.5) is 10.5 Å². The number of hydrogen-bond acceptors (Lipinski definition) is 4. The molecule has 1 fully saturated rings. The Balaban J connectivity index is 1.97. The molecule has 0 aliphatic carbocycles. The first-order valence-electron chi connectivity index (χ1n) is 8.11. The van der Waals surface area contributed by atoms with Gasteiger partial charge in [-0.1, -0.05) is 37.0 Å². The molecule has 10 heteroatoms. The molecule has 0 saturated carbocycles. The van der Waals surface area contributed by atoms with Crippen LogP contribution in [0.15, 0.2) is 18.2 Å². The van der Waals surface area contributed by atoms with E-state index in [1.807, 2.05) is 0 Å². The standard InChI is InChI=1S/C16H21Cl2N3O4S/c1-9(2)14(15(22)19-10-3-4-12(17)13(18)7-10)21-16(23)20-11-5-6-26(24,25)8-11/h3-4,7,9,11,14H,5-6,8H2,1-2H3,(H,19,22)(H2,20,21,23)/t11-,14+/m1/s1. The van der Waals surface area contributed by atoms with Crippen molar-refractivity contribution in [2.24, 2.45) is 5.92 Å². The van der Waals surface area contributed by atoms with E-state index in [1.54, 1.807) is 26.0 Å². The third-order valence-corrected chi connectivity index (χ3v) is 6.50. The van der Waals surface area contributed by atoms with Gasteiger partial charge in [0.1, 0.15) is 6.04 Å². The number of nitrogens with one attached hydrogen (secondary N) is 3. The van der Waals surface area contributed by atoms with Crippen molar-refractivity contribution >= 4 is 50.7 Å². The monoisotopic (exact) mass is 421 g/mol. The zero-order chi connectivity index (χ0) is 19.5. The summed E-state index contributed by atoms with van der Waals surface area (Å²) in [7, 11) is -3.10. The Kier molecular flexibility index (Phi) is 6.76. The van der Waals surface area contributed by atoms with E-state index >= 15 is 0 Å². The molecule has 1 saturated heterocycles. The first kappa shape index (κ1) is 20.8. The summed E-state index contributed by atoms with van der Waals surface area (Å²) in [5.41, 5.74) is 0.458. The molecule has 144 valence electrons. The average molecular weight is 422 g/mol. The predicted molar refractivity (Wildman–Crippen MR) is 102 cm³/mol. The zero-order valence-electron chi connectivity index (χ0n) is 14.4. The van der Waals surface area contributed by atoms with Crippen LogP contribution >= 0.6 is 23.2 Å². The van der Waals surface area contributed by atoms with Crippen molar-refractivity contribution < 1.29 is 18.0 Å². The Labute approximate surface area is 162 Å². The third kappa shape index (κ3) is 5.75. The molecule has 0 aromatic heterocycles. The molecule has 2 rings (SSSR count). The predicted octanol–water partition coefficient (Wildman–Crippen LogP) is 2.44. The summed E-state index contributed by atoms with van der Waals surface area (Å²) in [5, 5.41) is 8.57. The maximum absolute atomic E-state index is 12.5. The van der Waals surface area contributed by atoms with Gasteiger partial charge >= 0.3 is 6.03 Å². The number of carbonyl (C=O) groups excluding carboxylic acids is 2. The van der Waals surface area contributed by atoms with Crippen molar-refractivity contribution in [3.05, 3.63) is 28.2 Å². The number of sulfone groups is 1. The minimum absolute atomic E-state index is 0.0589. The van der Waals surface area contributed by atoms with E-state index in [9.17, 15) is 18.0 Å². The second-order valence-corrected chi connectivity index (χ2v) is 9.60. The molecule has 2 atom stereocenters. The van der Waals surface area contributed by atoms with E-state index in [4.69, 9.17) is 23.2 Å². The van der Waals surface area contributed by atoms with Crippen molar-refractivity contribution in [2.75, 3.05) is 16.8 Å². The Morgan fingerprint density at radius 2 is 1.88 bits per heavy atom. The van der Waals surface area contributed by atoms with Crippen molar-refractivity contribution in [3.8, 4) is 0 Å². The van der Waals surface area contributed by atoms with Crippen molar-refractivity contribution in [1.29, 1.82) is 0 Å². The molecular weight excluding hydrogens is 401 g/mol. The van der Waals surface area contributed by atoms with Crippen LogP contribution in [0.2, 0.25) is 10.0 Å². The molecule has 1 heterocycles. The zero-order valence-corrected chi connectivity index (χ0v) is 16.7. The SMILES string of the molecule is CC(C)[C@H](NC(=O)N[C@@H]1CCS(=O)(=O)C1)C(=O)Nc1ccc(Cl)c(Cl)c1. The normalized spacial score (nSPS) is 19.8. The first-order valence-corrected chi connectivity index (χ1v) is 10.7. The molecule has 7 nitrogen and oxygen atoms in total. The molecular formula is C16H21Cl2N3O4S. The number of halogens is 2. The quantitative estimate of drug-likeness (QED) is 0.678. The first-order chi connectivity index (χ1) is 12.1. The van der Waals surface area contributed by atoms with E-state index in [-0.39, 0.29) is 17.4 Å². The minimum Gasteiger partial charge on any atom is -0.334 e. The van der Waals surface area contributed by atoms with Crippen LogP contribution < -0.4 is 16.0 Å². The van der Waals surface area contributed by atoms with Crippen LogP contribution in [0.1, 0.15) is 20.3 Å². The fourth-order valence-electron chi connectivity index (χ4n) is 2.61. The number of carbonyl (C=O) groups is 2. The van der Waals surface area contributed by atoms with Crippen LogP contribution in [0.3, 0.4) is 0 Å². The maximum atomic E-state index is 12.5. The van der Waals surface area contributed by atoms with Crippen LogP contribution in [-0.4, -0.2) is 43.9 Å². The van der Waals surface area contributed by atoms with Gasteiger partial charge < -0.3 is 16.0 Å². The van der Waals surface area contributed by atoms with Gasteiger partial charge in [0.25, 0.3) is 0 Å². The fourth-order valence-corrected chi connectivity index (χ4v) is 4.58. The average Bonchev–Trinajstić information content (AvgIpc) is 2.86. The smallest absolute Gasteiger partial charge is 0.315 e. The van der Waals surface area contributed by atoms with Gasteiger partial charge in [0, 0.05) is 11.7 Å². The lowest BCUT2D eigenvalue weighted by atomic mass is 10.0. The molecule has 0 spiro atoms. The number of benzene rings is 1. The van der Waals surface area contributed by atoms with E-state index in [1.165, 1.54) is 6.07 Å². The number of amides is 3. The second kappa shape index (κ2) is 8.45. The Bertz CT molecular complexity index is 799. The summed E-state index contributed by atoms with van der Waals surface area (Å²) >= 11 is 11.8. The number of rotatable bonds is 5. The lowest BCUT2D eigenvalue weighted by Crippen LogP contribution is -2.52. The largest absolute Gasteiger partial charge is 0.334 e. The van der Waals surface area contributed by atoms with E-state index in [0.29, 0.717) is 22.2 Å². The van der Waals surface area contributed by atoms with E-state index in [2.05, 4.69) is 16.0 Å². The third-order valence-electron chi connectivity index (χ3n) is 3.99. The summed E-state index contributed by atoms with van der Waals surface area (Å²) in [6.07, 6.45) is 0.373. The molecule has 1 aromatic rings. The molecule has 1 aromatic carbocycles. The number of urea groups is 1. The Morgan fingerprint density at radius 1 is 1.19 bits per heavy atom. The van der Waals surface area contributed by atoms with Crippen molar-refractivity contribution in [3.63, 3.8) is 0 Å². The van der Waals surface area contributed by atoms with Crippen LogP contribution in [0, 0.1) is 5.92 Å². The summed E-state index contributed by atoms with van der Waals surface area (Å²) in [6.45, 7) is 3.58. The van der Waals surface area contributed by atoms with Gasteiger partial charge in [-0.15, -0.1) is 0 Å². The van der Waals surface area contributed by atoms with Crippen LogP contribution in [0.25, 0.3) is 0 Å². The summed E-state index contributed by atoms with van der Waals surface area (Å²) in [6, 6.07) is 2.86. The molecule has 3 amide bonds. The lowest BCUT2D eigenvalue weighted by molar-refractivity contribution is -0.118. The molecule has 0 radical (unpaired) electrons. The fraction of sp³-hybridized carbons (Fsp3) is 0.500. The van der Waals surface area contributed by atoms with Crippen LogP contribution in [-0.2, 0) is 14.6 Å². The molecule has 3 N–H and O–H groups in total. The van der Waals surface area contributed by atoms with Gasteiger partial charge in [-0.25, -0.2) is 13.2 Å². The Morgan fingerprint density at radius 3 is 2.42 bits per heavy atom. The topological polar surface area (TPSA) is 104 Å². The minimum atomic E-state index is -3.10. The summed E-state index contributed by atoms with van der Waals surface area (Å²) < 4.78 is 22.9. The highest BCUT2D eigenvalue weighted by atomic mass is 35.5. The molecule has 1 aliphatic rings. The number of anilines is 1. The lowest BCUT2D eigenvalue weighted by Gasteiger charge is -2.23. The summed E-state index contributed by atoms with van der Waals surface area (Å²) in [5.74, 6) is -0.616. The van der Waals surface area contributed by atoms with Crippen molar-refractivity contribution in [1.82, 2.24) is 10.6 Å². The van der Waals surface area contributed by atoms with Gasteiger partial charge in [-0.05, 0) is 30.5 Å². The second-order valence-electron chi connectivity index (χ2n) is 6.56. The van der Waals surface area contributed by atoms with Gasteiger partial charge in [-0.2, -0.15) is 0 Å². The highest BCUT2D eigenvalue weighted by Gasteiger charge is 2.30. The van der Waals surface area contributed by atoms with Crippen LogP contribution in [0.5, 0.6) is 0 Å². The molecule has 26 heavy (non-hydrogen) atoms. The van der Waals surface area contributed by atoms with Gasteiger partial charge in [0.05, 0.1) is 21.6 Å². The highest BCUT2D eigenvalue weighted by molar-refractivity contribution is 7.91. The van der Waals surface area contributed by atoms with Gasteiger partial charge in [-0.3, -0.25) is 4.79 Å². The van der Waals surface area contributed by atoms with E-state index in [0.717, 1.165) is 0 Å².